The van der Waals surface area contributed by atoms with Gasteiger partial charge in [-0.1, -0.05) is 67.3 Å². The van der Waals surface area contributed by atoms with Gasteiger partial charge < -0.3 is 26.3 Å². The number of anilines is 1. The number of nitrogen functional groups attached to an aromatic ring is 1. The zero-order valence-electron chi connectivity index (χ0n) is 21.4. The van der Waals surface area contributed by atoms with Gasteiger partial charge in [-0.25, -0.2) is 4.98 Å². The summed E-state index contributed by atoms with van der Waals surface area (Å²) in [6.45, 7) is 0.663. The van der Waals surface area contributed by atoms with Crippen LogP contribution in [0, 0.1) is 11.3 Å². The van der Waals surface area contributed by atoms with Gasteiger partial charge in [-0.3, -0.25) is 4.79 Å². The van der Waals surface area contributed by atoms with Crippen molar-refractivity contribution < 1.29 is 14.6 Å². The number of methoxy groups -OCH3 is 1. The van der Waals surface area contributed by atoms with Crippen molar-refractivity contribution in [2.75, 3.05) is 19.9 Å². The molecule has 1 saturated carbocycles. The van der Waals surface area contributed by atoms with E-state index in [1.807, 2.05) is 49.5 Å². The average molecular weight is 523 g/mol. The third-order valence-electron chi connectivity index (χ3n) is 6.54. The van der Waals surface area contributed by atoms with E-state index in [0.29, 0.717) is 41.0 Å². The fourth-order valence-electron chi connectivity index (χ4n) is 4.68. The van der Waals surface area contributed by atoms with Gasteiger partial charge in [0.2, 0.25) is 5.88 Å². The van der Waals surface area contributed by atoms with Crippen molar-refractivity contribution in [3.8, 4) is 28.3 Å². The molecule has 0 amide bonds. The lowest BCUT2D eigenvalue weighted by molar-refractivity contribution is -0.138. The van der Waals surface area contributed by atoms with Crippen LogP contribution in [0.25, 0.3) is 22.4 Å². The maximum Gasteiger partial charge on any atom is 0.303 e. The number of nitrogens with zero attached hydrogens (tertiary/aromatic N) is 1. The van der Waals surface area contributed by atoms with Gasteiger partial charge in [0.25, 0.3) is 0 Å². The highest BCUT2D eigenvalue weighted by molar-refractivity contribution is 6.36. The summed E-state index contributed by atoms with van der Waals surface area (Å²) < 4.78 is 5.43. The Labute approximate surface area is 223 Å². The lowest BCUT2D eigenvalue weighted by Gasteiger charge is -2.18. The molecular formula is C29H35ClN4O3. The lowest BCUT2D eigenvalue weighted by Crippen LogP contribution is -2.10. The second-order valence-corrected chi connectivity index (χ2v) is 9.50. The van der Waals surface area contributed by atoms with Gasteiger partial charge in [-0.2, -0.15) is 0 Å². The van der Waals surface area contributed by atoms with Gasteiger partial charge in [0.05, 0.1) is 17.8 Å². The normalized spacial score (nSPS) is 13.4. The molecule has 4 rings (SSSR count). The number of carboxylic acids is 1. The molecule has 3 aromatic rings. The highest BCUT2D eigenvalue weighted by Crippen LogP contribution is 2.38. The number of ether oxygens (including phenoxy) is 1. The van der Waals surface area contributed by atoms with E-state index in [4.69, 9.17) is 32.6 Å². The van der Waals surface area contributed by atoms with Gasteiger partial charge >= 0.3 is 5.97 Å². The molecular weight excluding hydrogens is 488 g/mol. The molecule has 7 nitrogen and oxygen atoms in total. The summed E-state index contributed by atoms with van der Waals surface area (Å²) >= 11 is 6.75. The van der Waals surface area contributed by atoms with Gasteiger partial charge in [0.15, 0.2) is 0 Å². The van der Waals surface area contributed by atoms with Gasteiger partial charge in [0, 0.05) is 47.1 Å². The first kappa shape index (κ1) is 28.2. The van der Waals surface area contributed by atoms with Crippen LogP contribution in [0.2, 0.25) is 5.02 Å². The summed E-state index contributed by atoms with van der Waals surface area (Å²) in [5, 5.41) is 19.8. The number of rotatable bonds is 8. The maximum absolute atomic E-state index is 10.3. The topological polar surface area (TPSA) is 121 Å². The molecule has 196 valence electrons. The Kier molecular flexibility index (Phi) is 10.5. The van der Waals surface area contributed by atoms with Gasteiger partial charge in [0.1, 0.15) is 0 Å². The summed E-state index contributed by atoms with van der Waals surface area (Å²) in [5.74, 6) is 0.408. The quantitative estimate of drug-likeness (QED) is 0.200. The van der Waals surface area contributed by atoms with E-state index in [2.05, 4.69) is 10.3 Å². The van der Waals surface area contributed by atoms with Crippen molar-refractivity contribution in [2.45, 2.75) is 45.1 Å². The summed E-state index contributed by atoms with van der Waals surface area (Å²) in [6, 6.07) is 15.2. The van der Waals surface area contributed by atoms with Crippen molar-refractivity contribution in [3.63, 3.8) is 0 Å². The number of nitrogens with one attached hydrogen (secondary N) is 2. The Hall–Kier alpha value is -3.42. The molecule has 2 aromatic carbocycles. The fourth-order valence-corrected chi connectivity index (χ4v) is 5.00. The standard InChI is InChI=1S/C21H21ClN4O.C8H14O2/c1-25-12-13-9-10-19(26-21(13)27-2)16-7-3-6-15(20(16)22)14-5-4-8-18(24)17(14)11-23;9-8(10)6-7-4-2-1-3-5-7/h3-11,23,25H,12,24H2,1-2H3;7H,1-6H2,(H,9,10). The number of nitrogens with two attached hydrogens (primary N) is 1. The number of hydrogen-bond donors (Lipinski definition) is 4. The Balaban J connectivity index is 0.000000319. The minimum absolute atomic E-state index is 0.389. The van der Waals surface area contributed by atoms with Crippen LogP contribution in [0.4, 0.5) is 5.69 Å². The summed E-state index contributed by atoms with van der Waals surface area (Å²) in [5.41, 5.74) is 11.3. The largest absolute Gasteiger partial charge is 0.481 e. The number of hydrogen-bond acceptors (Lipinski definition) is 6. The van der Waals surface area contributed by atoms with E-state index in [1.54, 1.807) is 13.2 Å². The number of benzene rings is 2. The first-order valence-corrected chi connectivity index (χ1v) is 12.9. The minimum atomic E-state index is -0.632. The van der Waals surface area contributed by atoms with E-state index in [-0.39, 0.29) is 0 Å². The Morgan fingerprint density at radius 2 is 1.81 bits per heavy atom. The van der Waals surface area contributed by atoms with Crippen LogP contribution >= 0.6 is 11.6 Å². The third-order valence-corrected chi connectivity index (χ3v) is 6.94. The van der Waals surface area contributed by atoms with E-state index in [9.17, 15) is 4.79 Å². The Morgan fingerprint density at radius 1 is 1.14 bits per heavy atom. The van der Waals surface area contributed by atoms with Crippen LogP contribution in [0.15, 0.2) is 48.5 Å². The zero-order valence-corrected chi connectivity index (χ0v) is 22.1. The molecule has 1 aliphatic carbocycles. The molecule has 0 aliphatic heterocycles. The molecule has 0 bridgehead atoms. The molecule has 1 fully saturated rings. The first-order valence-electron chi connectivity index (χ1n) is 12.5. The van der Waals surface area contributed by atoms with E-state index < -0.39 is 5.97 Å². The molecule has 8 heteroatoms. The second kappa shape index (κ2) is 13.8. The molecule has 1 aromatic heterocycles. The molecule has 0 atom stereocenters. The van der Waals surface area contributed by atoms with E-state index in [1.165, 1.54) is 25.5 Å². The molecule has 0 radical (unpaired) electrons. The number of aliphatic carboxylic acids is 1. The van der Waals surface area contributed by atoms with Crippen molar-refractivity contribution in [1.29, 1.82) is 5.41 Å². The summed E-state index contributed by atoms with van der Waals surface area (Å²) in [7, 11) is 3.48. The van der Waals surface area contributed by atoms with Crippen LogP contribution in [-0.4, -0.2) is 36.4 Å². The number of carbonyl (C=O) groups is 1. The smallest absolute Gasteiger partial charge is 0.303 e. The lowest BCUT2D eigenvalue weighted by atomic mass is 9.87. The van der Waals surface area contributed by atoms with Crippen molar-refractivity contribution in [1.82, 2.24) is 10.3 Å². The van der Waals surface area contributed by atoms with Crippen LogP contribution in [0.3, 0.4) is 0 Å². The fraction of sp³-hybridized carbons (Fsp3) is 0.345. The van der Waals surface area contributed by atoms with Gasteiger partial charge in [-0.05, 0) is 43.5 Å². The van der Waals surface area contributed by atoms with Crippen LogP contribution in [0.5, 0.6) is 5.88 Å². The molecule has 0 spiro atoms. The predicted octanol–water partition coefficient (Wildman–Crippen LogP) is 6.42. The van der Waals surface area contributed by atoms with Crippen molar-refractivity contribution in [3.05, 3.63) is 64.7 Å². The number of pyridine rings is 1. The highest BCUT2D eigenvalue weighted by atomic mass is 35.5. The number of halogens is 1. The third kappa shape index (κ3) is 7.31. The van der Waals surface area contributed by atoms with Crippen LogP contribution in [-0.2, 0) is 11.3 Å². The molecule has 1 heterocycles. The van der Waals surface area contributed by atoms with Crippen molar-refractivity contribution in [2.24, 2.45) is 5.92 Å². The zero-order chi connectivity index (χ0) is 26.8. The maximum atomic E-state index is 10.3. The molecule has 0 unspecified atom stereocenters. The van der Waals surface area contributed by atoms with Gasteiger partial charge in [-0.15, -0.1) is 0 Å². The molecule has 5 N–H and O–H groups in total. The van der Waals surface area contributed by atoms with Crippen LogP contribution in [0.1, 0.15) is 49.7 Å². The molecule has 37 heavy (non-hydrogen) atoms. The highest BCUT2D eigenvalue weighted by Gasteiger charge is 2.17. The van der Waals surface area contributed by atoms with E-state index >= 15 is 0 Å². The van der Waals surface area contributed by atoms with Crippen LogP contribution < -0.4 is 15.8 Å². The SMILES string of the molecule is CNCc1ccc(-c2cccc(-c3cccc(N)c3C=N)c2Cl)nc1OC.O=C(O)CC1CCCCC1. The first-order chi connectivity index (χ1) is 17.9. The number of carboxylic acid groups (broad SMARTS) is 1. The molecule has 1 aliphatic rings. The Bertz CT molecular complexity index is 1230. The van der Waals surface area contributed by atoms with E-state index in [0.717, 1.165) is 40.8 Å². The Morgan fingerprint density at radius 3 is 2.46 bits per heavy atom. The average Bonchev–Trinajstić information content (AvgIpc) is 2.90. The molecule has 0 saturated heterocycles. The second-order valence-electron chi connectivity index (χ2n) is 9.12. The summed E-state index contributed by atoms with van der Waals surface area (Å²) in [6.07, 6.45) is 7.67. The minimum Gasteiger partial charge on any atom is -0.481 e. The summed E-state index contributed by atoms with van der Waals surface area (Å²) in [4.78, 5) is 14.9. The number of aromatic nitrogens is 1. The van der Waals surface area contributed by atoms with Crippen molar-refractivity contribution >= 4 is 29.5 Å². The predicted molar refractivity (Wildman–Crippen MR) is 151 cm³/mol. The monoisotopic (exact) mass is 522 g/mol.